The van der Waals surface area contributed by atoms with Crippen LogP contribution >= 0.6 is 11.6 Å². The third-order valence-electron chi connectivity index (χ3n) is 3.33. The molecule has 1 aliphatic rings. The number of benzene rings is 1. The van der Waals surface area contributed by atoms with Crippen LogP contribution in [0.25, 0.3) is 5.57 Å². The molecule has 0 heterocycles. The highest BCUT2D eigenvalue weighted by atomic mass is 35.5. The van der Waals surface area contributed by atoms with Crippen LogP contribution in [0.4, 0.5) is 4.39 Å². The fourth-order valence-electron chi connectivity index (χ4n) is 2.62. The van der Waals surface area contributed by atoms with Crippen LogP contribution in [-0.2, 0) is 0 Å². The van der Waals surface area contributed by atoms with Gasteiger partial charge in [0.05, 0.1) is 5.38 Å². The van der Waals surface area contributed by atoms with Gasteiger partial charge >= 0.3 is 0 Å². The Hall–Kier alpha value is -0.820. The minimum atomic E-state index is -0.177. The highest BCUT2D eigenvalue weighted by Gasteiger charge is 2.28. The third-order valence-corrected chi connectivity index (χ3v) is 3.61. The van der Waals surface area contributed by atoms with Crippen molar-refractivity contribution in [1.82, 2.24) is 0 Å². The van der Waals surface area contributed by atoms with Crippen LogP contribution in [0, 0.1) is 18.2 Å². The van der Waals surface area contributed by atoms with Crippen LogP contribution in [0.1, 0.15) is 37.8 Å². The minimum absolute atomic E-state index is 0.0817. The monoisotopic (exact) mass is 252 g/mol. The van der Waals surface area contributed by atoms with E-state index in [-0.39, 0.29) is 16.6 Å². The molecular weight excluding hydrogens is 235 g/mol. The molecule has 17 heavy (non-hydrogen) atoms. The second-order valence-corrected chi connectivity index (χ2v) is 6.27. The molecule has 0 saturated carbocycles. The lowest BCUT2D eigenvalue weighted by atomic mass is 9.75. The van der Waals surface area contributed by atoms with Gasteiger partial charge in [-0.3, -0.25) is 0 Å². The zero-order valence-electron chi connectivity index (χ0n) is 10.6. The summed E-state index contributed by atoms with van der Waals surface area (Å²) in [5.74, 6) is -0.177. The van der Waals surface area contributed by atoms with Gasteiger partial charge in [0.15, 0.2) is 0 Å². The Morgan fingerprint density at radius 2 is 2.06 bits per heavy atom. The Morgan fingerprint density at radius 1 is 1.35 bits per heavy atom. The molecule has 0 aromatic heterocycles. The number of hydrogen-bond acceptors (Lipinski definition) is 0. The van der Waals surface area contributed by atoms with E-state index >= 15 is 0 Å². The summed E-state index contributed by atoms with van der Waals surface area (Å²) in [6.45, 7) is 6.41. The first-order valence-corrected chi connectivity index (χ1v) is 6.42. The summed E-state index contributed by atoms with van der Waals surface area (Å²) in [5.41, 5.74) is 3.58. The van der Waals surface area contributed by atoms with E-state index in [9.17, 15) is 4.39 Å². The molecule has 0 amide bonds. The van der Waals surface area contributed by atoms with E-state index in [0.717, 1.165) is 24.0 Å². The molecule has 1 aromatic rings. The van der Waals surface area contributed by atoms with E-state index in [1.54, 1.807) is 6.07 Å². The predicted octanol–water partition coefficient (Wildman–Crippen LogP) is 4.94. The largest absolute Gasteiger partial charge is 0.207 e. The average Bonchev–Trinajstić information content (AvgIpc) is 2.13. The van der Waals surface area contributed by atoms with Crippen LogP contribution < -0.4 is 0 Å². The van der Waals surface area contributed by atoms with Gasteiger partial charge in [-0.25, -0.2) is 4.39 Å². The molecule has 1 atom stereocenters. The minimum Gasteiger partial charge on any atom is -0.207 e. The SMILES string of the molecule is Cc1cc(F)ccc1C1=CC(Cl)CC(C)(C)C1. The maximum Gasteiger partial charge on any atom is 0.123 e. The summed E-state index contributed by atoms with van der Waals surface area (Å²) >= 11 is 6.28. The van der Waals surface area contributed by atoms with Gasteiger partial charge in [0.2, 0.25) is 0 Å². The van der Waals surface area contributed by atoms with Crippen molar-refractivity contribution in [3.63, 3.8) is 0 Å². The lowest BCUT2D eigenvalue weighted by molar-refractivity contribution is 0.340. The van der Waals surface area contributed by atoms with Gasteiger partial charge in [0.1, 0.15) is 5.82 Å². The molecule has 0 saturated heterocycles. The molecule has 2 heteroatoms. The van der Waals surface area contributed by atoms with E-state index in [2.05, 4.69) is 19.9 Å². The molecule has 0 aliphatic heterocycles. The lowest BCUT2D eigenvalue weighted by Crippen LogP contribution is -2.21. The molecule has 0 fully saturated rings. The molecule has 2 rings (SSSR count). The number of alkyl halides is 1. The van der Waals surface area contributed by atoms with Crippen LogP contribution in [0.2, 0.25) is 0 Å². The quantitative estimate of drug-likeness (QED) is 0.621. The molecule has 0 N–H and O–H groups in total. The second kappa shape index (κ2) is 4.45. The summed E-state index contributed by atoms with van der Waals surface area (Å²) in [5, 5.41) is 0.0817. The van der Waals surface area contributed by atoms with Crippen molar-refractivity contribution in [3.8, 4) is 0 Å². The Kier molecular flexibility index (Phi) is 3.31. The highest BCUT2D eigenvalue weighted by molar-refractivity contribution is 6.22. The smallest absolute Gasteiger partial charge is 0.123 e. The van der Waals surface area contributed by atoms with Gasteiger partial charge < -0.3 is 0 Å². The average molecular weight is 253 g/mol. The second-order valence-electron chi connectivity index (χ2n) is 5.71. The molecule has 92 valence electrons. The normalized spacial score (nSPS) is 23.4. The summed E-state index contributed by atoms with van der Waals surface area (Å²) in [6, 6.07) is 4.97. The molecule has 1 unspecified atom stereocenters. The summed E-state index contributed by atoms with van der Waals surface area (Å²) < 4.78 is 13.1. The van der Waals surface area contributed by atoms with Crippen molar-refractivity contribution in [2.75, 3.05) is 0 Å². The summed E-state index contributed by atoms with van der Waals surface area (Å²) in [7, 11) is 0. The number of hydrogen-bond donors (Lipinski definition) is 0. The Balaban J connectivity index is 2.39. The first-order valence-electron chi connectivity index (χ1n) is 5.99. The molecule has 0 bridgehead atoms. The lowest BCUT2D eigenvalue weighted by Gasteiger charge is -2.33. The predicted molar refractivity (Wildman–Crippen MR) is 71.8 cm³/mol. The van der Waals surface area contributed by atoms with E-state index in [0.29, 0.717) is 0 Å². The Morgan fingerprint density at radius 3 is 2.65 bits per heavy atom. The maximum absolute atomic E-state index is 13.1. The van der Waals surface area contributed by atoms with Gasteiger partial charge in [0.25, 0.3) is 0 Å². The highest BCUT2D eigenvalue weighted by Crippen LogP contribution is 2.41. The third kappa shape index (κ3) is 2.90. The number of rotatable bonds is 1. The van der Waals surface area contributed by atoms with Crippen LogP contribution in [0.5, 0.6) is 0 Å². The van der Waals surface area contributed by atoms with E-state index in [4.69, 9.17) is 11.6 Å². The van der Waals surface area contributed by atoms with Crippen molar-refractivity contribution in [1.29, 1.82) is 0 Å². The standard InChI is InChI=1S/C15H18ClF/c1-10-6-13(17)4-5-14(10)11-7-12(16)9-15(2,3)8-11/h4-7,12H,8-9H2,1-3H3. The van der Waals surface area contributed by atoms with Crippen LogP contribution in [0.3, 0.4) is 0 Å². The van der Waals surface area contributed by atoms with Crippen molar-refractivity contribution in [2.24, 2.45) is 5.41 Å². The summed E-state index contributed by atoms with van der Waals surface area (Å²) in [6.07, 6.45) is 4.12. The van der Waals surface area contributed by atoms with Gasteiger partial charge in [0, 0.05) is 0 Å². The van der Waals surface area contributed by atoms with Gasteiger partial charge in [-0.1, -0.05) is 26.0 Å². The fraction of sp³-hybridized carbons (Fsp3) is 0.467. The molecule has 0 radical (unpaired) electrons. The summed E-state index contributed by atoms with van der Waals surface area (Å²) in [4.78, 5) is 0. The van der Waals surface area contributed by atoms with Crippen LogP contribution in [0.15, 0.2) is 24.3 Å². The number of halogens is 2. The van der Waals surface area contributed by atoms with Gasteiger partial charge in [-0.05, 0) is 54.0 Å². The Bertz CT molecular complexity index is 460. The fourth-order valence-corrected chi connectivity index (χ4v) is 3.19. The zero-order valence-corrected chi connectivity index (χ0v) is 11.3. The van der Waals surface area contributed by atoms with Crippen molar-refractivity contribution in [2.45, 2.75) is 39.0 Å². The zero-order chi connectivity index (χ0) is 12.6. The van der Waals surface area contributed by atoms with Crippen molar-refractivity contribution >= 4 is 17.2 Å². The van der Waals surface area contributed by atoms with E-state index in [1.807, 2.05) is 13.0 Å². The molecular formula is C15H18ClF. The molecule has 1 aromatic carbocycles. The van der Waals surface area contributed by atoms with Gasteiger partial charge in [-0.2, -0.15) is 0 Å². The van der Waals surface area contributed by atoms with E-state index in [1.165, 1.54) is 11.6 Å². The number of allylic oxidation sites excluding steroid dienone is 2. The maximum atomic E-state index is 13.1. The first kappa shape index (κ1) is 12.6. The van der Waals surface area contributed by atoms with Crippen molar-refractivity contribution < 1.29 is 4.39 Å². The molecule has 0 spiro atoms. The molecule has 1 aliphatic carbocycles. The van der Waals surface area contributed by atoms with E-state index < -0.39 is 0 Å². The first-order chi connectivity index (χ1) is 7.87. The number of aryl methyl sites for hydroxylation is 1. The van der Waals surface area contributed by atoms with Gasteiger partial charge in [-0.15, -0.1) is 11.6 Å². The van der Waals surface area contributed by atoms with Crippen molar-refractivity contribution in [3.05, 3.63) is 41.2 Å². The Labute approximate surface area is 107 Å². The van der Waals surface area contributed by atoms with Crippen LogP contribution in [-0.4, -0.2) is 5.38 Å². The topological polar surface area (TPSA) is 0 Å². The molecule has 0 nitrogen and oxygen atoms in total.